The van der Waals surface area contributed by atoms with E-state index in [2.05, 4.69) is 4.18 Å². The van der Waals surface area contributed by atoms with Crippen molar-refractivity contribution in [2.75, 3.05) is 0 Å². The molecule has 0 saturated carbocycles. The summed E-state index contributed by atoms with van der Waals surface area (Å²) in [5.41, 5.74) is 0.0736. The fourth-order valence-electron chi connectivity index (χ4n) is 2.29. The number of benzene rings is 3. The lowest BCUT2D eigenvalue weighted by Gasteiger charge is -2.07. The van der Waals surface area contributed by atoms with E-state index in [0.29, 0.717) is 10.8 Å². The Morgan fingerprint density at radius 3 is 2.04 bits per heavy atom. The van der Waals surface area contributed by atoms with Crippen molar-refractivity contribution in [3.63, 3.8) is 0 Å². The van der Waals surface area contributed by atoms with Crippen molar-refractivity contribution in [3.05, 3.63) is 77.9 Å². The first kappa shape index (κ1) is 16.7. The van der Waals surface area contributed by atoms with Crippen molar-refractivity contribution in [1.82, 2.24) is 0 Å². The number of carboxylic acid groups (broad SMARTS) is 1. The topological polar surface area (TPSA) is 97.7 Å². The molecule has 0 spiro atoms. The predicted octanol–water partition coefficient (Wildman–Crippen LogP) is 3.08. The molecule has 0 fully saturated rings. The maximum atomic E-state index is 12.2. The summed E-state index contributed by atoms with van der Waals surface area (Å²) < 4.78 is 28.9. The molecule has 0 aliphatic carbocycles. The zero-order valence-corrected chi connectivity index (χ0v) is 13.6. The van der Waals surface area contributed by atoms with Gasteiger partial charge < -0.3 is 9.29 Å². The normalized spacial score (nSPS) is 11.2. The van der Waals surface area contributed by atoms with Crippen LogP contribution in [0.4, 0.5) is 0 Å². The van der Waals surface area contributed by atoms with Gasteiger partial charge >= 0.3 is 22.1 Å². The third-order valence-corrected chi connectivity index (χ3v) is 4.76. The van der Waals surface area contributed by atoms with E-state index in [-0.39, 0.29) is 16.0 Å². The van der Waals surface area contributed by atoms with Crippen LogP contribution in [-0.4, -0.2) is 25.5 Å². The van der Waals surface area contributed by atoms with Crippen molar-refractivity contribution in [2.24, 2.45) is 0 Å². The van der Waals surface area contributed by atoms with Gasteiger partial charge in [0.1, 0.15) is 4.90 Å². The molecule has 0 unspecified atom stereocenters. The van der Waals surface area contributed by atoms with Crippen molar-refractivity contribution < 1.29 is 27.3 Å². The summed E-state index contributed by atoms with van der Waals surface area (Å²) in [6.45, 7) is 0. The largest absolute Gasteiger partial charge is 0.478 e. The average molecular weight is 356 g/mol. The summed E-state index contributed by atoms with van der Waals surface area (Å²) in [7, 11) is -4.23. The van der Waals surface area contributed by atoms with E-state index in [9.17, 15) is 18.0 Å². The summed E-state index contributed by atoms with van der Waals surface area (Å²) in [6, 6.07) is 16.2. The van der Waals surface area contributed by atoms with E-state index in [4.69, 9.17) is 5.11 Å². The van der Waals surface area contributed by atoms with Gasteiger partial charge in [-0.05, 0) is 47.2 Å². The molecule has 6 nitrogen and oxygen atoms in total. The van der Waals surface area contributed by atoms with Gasteiger partial charge in [0.15, 0.2) is 0 Å². The molecule has 0 aliphatic heterocycles. The van der Waals surface area contributed by atoms with Crippen LogP contribution >= 0.6 is 0 Å². The molecule has 3 aromatic carbocycles. The number of fused-ring (bicyclic) bond motifs is 1. The highest BCUT2D eigenvalue weighted by Crippen LogP contribution is 2.20. The van der Waals surface area contributed by atoms with E-state index in [1.165, 1.54) is 48.5 Å². The van der Waals surface area contributed by atoms with Crippen LogP contribution in [-0.2, 0) is 14.3 Å². The Morgan fingerprint density at radius 2 is 1.40 bits per heavy atom. The van der Waals surface area contributed by atoms with E-state index in [0.717, 1.165) is 0 Å². The third-order valence-electron chi connectivity index (χ3n) is 3.54. The molecule has 0 atom stereocenters. The van der Waals surface area contributed by atoms with E-state index < -0.39 is 22.1 Å². The molecule has 25 heavy (non-hydrogen) atoms. The number of carboxylic acids is 1. The molecule has 3 rings (SSSR count). The van der Waals surface area contributed by atoms with Gasteiger partial charge in [-0.3, -0.25) is 0 Å². The predicted molar refractivity (Wildman–Crippen MR) is 90.0 cm³/mol. The highest BCUT2D eigenvalue weighted by atomic mass is 32.2. The lowest BCUT2D eigenvalue weighted by molar-refractivity contribution is 0.0695. The van der Waals surface area contributed by atoms with Gasteiger partial charge in [0.05, 0.1) is 11.1 Å². The van der Waals surface area contributed by atoms with E-state index in [1.54, 1.807) is 18.2 Å². The Hall–Kier alpha value is -3.19. The van der Waals surface area contributed by atoms with Crippen LogP contribution in [0.1, 0.15) is 20.7 Å². The maximum absolute atomic E-state index is 12.2. The van der Waals surface area contributed by atoms with Crippen LogP contribution in [0.15, 0.2) is 71.6 Å². The van der Waals surface area contributed by atoms with Gasteiger partial charge in [-0.15, -0.1) is 0 Å². The minimum Gasteiger partial charge on any atom is -0.478 e. The lowest BCUT2D eigenvalue weighted by atomic mass is 10.0. The lowest BCUT2D eigenvalue weighted by Crippen LogP contribution is -2.13. The number of aromatic carboxylic acids is 1. The highest BCUT2D eigenvalue weighted by molar-refractivity contribution is 7.87. The van der Waals surface area contributed by atoms with Crippen LogP contribution < -0.4 is 0 Å². The van der Waals surface area contributed by atoms with Crippen LogP contribution in [0, 0.1) is 0 Å². The highest BCUT2D eigenvalue weighted by Gasteiger charge is 2.21. The molecule has 0 bridgehead atoms. The van der Waals surface area contributed by atoms with Crippen LogP contribution in [0.5, 0.6) is 0 Å². The summed E-state index contributed by atoms with van der Waals surface area (Å²) in [5.74, 6) is -2.13. The fraction of sp³-hybridized carbons (Fsp3) is 0. The molecular weight excluding hydrogens is 344 g/mol. The molecule has 0 saturated heterocycles. The molecule has 0 aliphatic rings. The quantitative estimate of drug-likeness (QED) is 0.722. The number of hydrogen-bond acceptors (Lipinski definition) is 5. The molecule has 0 heterocycles. The second-order valence-corrected chi connectivity index (χ2v) is 6.77. The second kappa shape index (κ2) is 6.37. The SMILES string of the molecule is O=C(O)c1ccc2ccc(C(=O)OS(=O)(=O)c3ccccc3)cc2c1. The molecule has 3 aromatic rings. The fourth-order valence-corrected chi connectivity index (χ4v) is 3.17. The molecule has 0 aromatic heterocycles. The Kier molecular flexibility index (Phi) is 4.24. The first-order chi connectivity index (χ1) is 11.9. The van der Waals surface area contributed by atoms with Crippen molar-refractivity contribution in [3.8, 4) is 0 Å². The number of hydrogen-bond donors (Lipinski definition) is 1. The van der Waals surface area contributed by atoms with Gasteiger partial charge in [-0.2, -0.15) is 8.42 Å². The molecule has 1 N–H and O–H groups in total. The van der Waals surface area contributed by atoms with Gasteiger partial charge in [0, 0.05) is 0 Å². The molecule has 7 heteroatoms. The van der Waals surface area contributed by atoms with E-state index >= 15 is 0 Å². The van der Waals surface area contributed by atoms with Crippen LogP contribution in [0.3, 0.4) is 0 Å². The zero-order valence-electron chi connectivity index (χ0n) is 12.7. The smallest absolute Gasteiger partial charge is 0.354 e. The van der Waals surface area contributed by atoms with Crippen molar-refractivity contribution in [2.45, 2.75) is 4.90 Å². The van der Waals surface area contributed by atoms with Crippen LogP contribution in [0.2, 0.25) is 0 Å². The Labute approximate surface area is 143 Å². The van der Waals surface area contributed by atoms with Gasteiger partial charge in [-0.1, -0.05) is 30.3 Å². The Balaban J connectivity index is 1.93. The summed E-state index contributed by atoms with van der Waals surface area (Å²) in [6.07, 6.45) is 0. The number of rotatable bonds is 4. The van der Waals surface area contributed by atoms with Crippen molar-refractivity contribution >= 4 is 32.8 Å². The standard InChI is InChI=1S/C18H12O6S/c19-17(20)13-8-6-12-7-9-14(11-15(12)10-13)18(21)24-25(22,23)16-4-2-1-3-5-16/h1-11H,(H,19,20). The minimum absolute atomic E-state index is 0.00884. The minimum atomic E-state index is -4.23. The summed E-state index contributed by atoms with van der Waals surface area (Å²) in [5, 5.41) is 10.2. The first-order valence-electron chi connectivity index (χ1n) is 7.18. The summed E-state index contributed by atoms with van der Waals surface area (Å²) >= 11 is 0. The number of carbonyl (C=O) groups excluding carboxylic acids is 1. The second-order valence-electron chi connectivity index (χ2n) is 5.22. The average Bonchev–Trinajstić information content (AvgIpc) is 2.61. The molecule has 0 amide bonds. The third kappa shape index (κ3) is 3.51. The molecular formula is C18H12O6S. The van der Waals surface area contributed by atoms with Gasteiger partial charge in [0.25, 0.3) is 0 Å². The monoisotopic (exact) mass is 356 g/mol. The molecule has 126 valence electrons. The Bertz CT molecular complexity index is 1070. The molecule has 0 radical (unpaired) electrons. The Morgan fingerprint density at radius 1 is 0.800 bits per heavy atom. The van der Waals surface area contributed by atoms with Crippen LogP contribution in [0.25, 0.3) is 10.8 Å². The number of carbonyl (C=O) groups is 2. The van der Waals surface area contributed by atoms with Gasteiger partial charge in [0.2, 0.25) is 0 Å². The van der Waals surface area contributed by atoms with Gasteiger partial charge in [-0.25, -0.2) is 9.59 Å². The van der Waals surface area contributed by atoms with E-state index in [1.807, 2.05) is 0 Å². The first-order valence-corrected chi connectivity index (χ1v) is 8.59. The van der Waals surface area contributed by atoms with Crippen molar-refractivity contribution in [1.29, 1.82) is 0 Å². The summed E-state index contributed by atoms with van der Waals surface area (Å²) in [4.78, 5) is 23.1. The zero-order chi connectivity index (χ0) is 18.0. The maximum Gasteiger partial charge on any atom is 0.354 e.